The molecular weight excluding hydrogens is 424 g/mol. The first-order valence-electron chi connectivity index (χ1n) is 12.2. The van der Waals surface area contributed by atoms with Crippen molar-refractivity contribution in [2.45, 2.75) is 63.8 Å². The van der Waals surface area contributed by atoms with Crippen molar-refractivity contribution in [3.8, 4) is 0 Å². The number of thiol groups is 1. The van der Waals surface area contributed by atoms with Gasteiger partial charge in [-0.3, -0.25) is 4.79 Å². The predicted octanol–water partition coefficient (Wildman–Crippen LogP) is 2.27. The number of piperidine rings is 1. The lowest BCUT2D eigenvalue weighted by Gasteiger charge is -2.52. The fourth-order valence-corrected chi connectivity index (χ4v) is 6.63. The number of nitrogens with zero attached hydrogens (tertiary/aromatic N) is 1. The molecule has 1 saturated carbocycles. The van der Waals surface area contributed by atoms with E-state index in [0.717, 1.165) is 44.7 Å². The Balaban J connectivity index is 1.66. The third kappa shape index (κ3) is 4.60. The Labute approximate surface area is 193 Å². The minimum absolute atomic E-state index is 0.0649. The Morgan fingerprint density at radius 2 is 1.81 bits per heavy atom. The largest absolute Gasteiger partial charge is 0.333 e. The van der Waals surface area contributed by atoms with Crippen LogP contribution in [-0.4, -0.2) is 45.4 Å². The van der Waals surface area contributed by atoms with Gasteiger partial charge in [0.05, 0.1) is 11.5 Å². The van der Waals surface area contributed by atoms with Crippen LogP contribution in [-0.2, 0) is 21.1 Å². The first-order valence-corrected chi connectivity index (χ1v) is 13.4. The van der Waals surface area contributed by atoms with Crippen molar-refractivity contribution in [1.29, 1.82) is 0 Å². The summed E-state index contributed by atoms with van der Waals surface area (Å²) in [5.41, 5.74) is 4.83. The van der Waals surface area contributed by atoms with E-state index in [2.05, 4.69) is 58.6 Å². The Kier molecular flexibility index (Phi) is 7.54. The van der Waals surface area contributed by atoms with Gasteiger partial charge in [0.15, 0.2) is 0 Å². The summed E-state index contributed by atoms with van der Waals surface area (Å²) in [7, 11) is -2.71. The summed E-state index contributed by atoms with van der Waals surface area (Å²) < 4.78 is 21.8. The number of carbonyl (C=O) groups excluding carboxylic acids is 1. The minimum Gasteiger partial charge on any atom is -0.333 e. The molecule has 2 heterocycles. The van der Waals surface area contributed by atoms with Crippen LogP contribution in [0.3, 0.4) is 0 Å². The van der Waals surface area contributed by atoms with Crippen molar-refractivity contribution >= 4 is 16.8 Å². The predicted molar refractivity (Wildman–Crippen MR) is 126 cm³/mol. The highest BCUT2D eigenvalue weighted by atomic mass is 32.2. The molecule has 1 unspecified atom stereocenters. The van der Waals surface area contributed by atoms with E-state index in [1.165, 1.54) is 24.0 Å². The van der Waals surface area contributed by atoms with E-state index in [1.54, 1.807) is 0 Å². The molecule has 1 amide bonds. The third-order valence-electron chi connectivity index (χ3n) is 8.11. The number of rotatable bonds is 7. The molecule has 0 radical (unpaired) electrons. The summed E-state index contributed by atoms with van der Waals surface area (Å²) >= 11 is 0. The quantitative estimate of drug-likeness (QED) is 0.284. The average molecular weight is 463 g/mol. The molecule has 2 fully saturated rings. The summed E-state index contributed by atoms with van der Waals surface area (Å²) in [5, 5.41) is 3.42. The van der Waals surface area contributed by atoms with E-state index in [4.69, 9.17) is 0 Å². The third-order valence-corrected chi connectivity index (χ3v) is 8.45. The van der Waals surface area contributed by atoms with E-state index in [1.807, 2.05) is 0 Å². The van der Waals surface area contributed by atoms with Crippen LogP contribution >= 0.6 is 0 Å². The van der Waals surface area contributed by atoms with Gasteiger partial charge in [-0.1, -0.05) is 38.1 Å². The van der Waals surface area contributed by atoms with Gasteiger partial charge < -0.3 is 10.2 Å². The molecule has 1 saturated heterocycles. The molecule has 1 aliphatic carbocycles. The maximum absolute atomic E-state index is 14.1. The molecule has 2 aliphatic heterocycles. The monoisotopic (exact) mass is 462 g/mol. The molecule has 1 aromatic carbocycles. The van der Waals surface area contributed by atoms with Crippen molar-refractivity contribution < 1.29 is 13.2 Å². The molecular formula is C24H38N4O3S. The first kappa shape index (κ1) is 23.7. The SMILES string of the molecule is CC(C)[C@H]1CC[C@@H](C2c3ccccc3C3(CCNCC3)C(=O)N2CCNN[SH](=O)=O)CC1. The van der Waals surface area contributed by atoms with Crippen molar-refractivity contribution in [3.63, 3.8) is 0 Å². The van der Waals surface area contributed by atoms with Gasteiger partial charge in [0.2, 0.25) is 16.8 Å². The average Bonchev–Trinajstić information content (AvgIpc) is 2.80. The van der Waals surface area contributed by atoms with Gasteiger partial charge in [-0.2, -0.15) is 4.83 Å². The van der Waals surface area contributed by atoms with Gasteiger partial charge in [-0.15, -0.1) is 0 Å². The van der Waals surface area contributed by atoms with E-state index in [-0.39, 0.29) is 11.9 Å². The van der Waals surface area contributed by atoms with Crippen molar-refractivity contribution in [3.05, 3.63) is 35.4 Å². The summed E-state index contributed by atoms with van der Waals surface area (Å²) in [6.07, 6.45) is 6.33. The Hall–Kier alpha value is -1.48. The highest BCUT2D eigenvalue weighted by Gasteiger charge is 2.52. The molecule has 32 heavy (non-hydrogen) atoms. The number of fused-ring (bicyclic) bond motifs is 2. The molecule has 0 bridgehead atoms. The molecule has 3 N–H and O–H groups in total. The fraction of sp³-hybridized carbons (Fsp3) is 0.708. The highest BCUT2D eigenvalue weighted by molar-refractivity contribution is 7.70. The number of hydrogen-bond donors (Lipinski definition) is 4. The second kappa shape index (κ2) is 10.2. The normalized spacial score (nSPS) is 27.8. The van der Waals surface area contributed by atoms with Crippen molar-refractivity contribution in [2.75, 3.05) is 26.2 Å². The van der Waals surface area contributed by atoms with Gasteiger partial charge in [-0.05, 0) is 80.5 Å². The van der Waals surface area contributed by atoms with Crippen LogP contribution in [0.4, 0.5) is 0 Å². The van der Waals surface area contributed by atoms with Gasteiger partial charge in [0.1, 0.15) is 0 Å². The molecule has 1 spiro atoms. The van der Waals surface area contributed by atoms with Crippen LogP contribution in [0.2, 0.25) is 0 Å². The van der Waals surface area contributed by atoms with Crippen LogP contribution in [0, 0.1) is 17.8 Å². The van der Waals surface area contributed by atoms with Crippen molar-refractivity contribution in [1.82, 2.24) is 20.5 Å². The lowest BCUT2D eigenvalue weighted by atomic mass is 9.64. The number of benzene rings is 1. The number of nitrogens with one attached hydrogen (secondary N) is 3. The molecule has 1 aromatic rings. The summed E-state index contributed by atoms with van der Waals surface area (Å²) in [6, 6.07) is 8.67. The second-order valence-corrected chi connectivity index (χ2v) is 10.8. The van der Waals surface area contributed by atoms with E-state index >= 15 is 0 Å². The highest BCUT2D eigenvalue weighted by Crippen LogP contribution is 2.51. The van der Waals surface area contributed by atoms with Gasteiger partial charge >= 0.3 is 0 Å². The Morgan fingerprint density at radius 3 is 2.47 bits per heavy atom. The summed E-state index contributed by atoms with van der Waals surface area (Å²) in [4.78, 5) is 18.5. The summed E-state index contributed by atoms with van der Waals surface area (Å²) in [5.74, 6) is 2.14. The molecule has 7 nitrogen and oxygen atoms in total. The number of hydrogen-bond acceptors (Lipinski definition) is 5. The molecule has 3 aliphatic rings. The maximum Gasteiger partial charge on any atom is 0.233 e. The fourth-order valence-electron chi connectivity index (χ4n) is 6.39. The second-order valence-electron chi connectivity index (χ2n) is 10.1. The van der Waals surface area contributed by atoms with Gasteiger partial charge in [0.25, 0.3) is 0 Å². The van der Waals surface area contributed by atoms with Crippen molar-refractivity contribution in [2.24, 2.45) is 17.8 Å². The van der Waals surface area contributed by atoms with Gasteiger partial charge in [0, 0.05) is 13.1 Å². The topological polar surface area (TPSA) is 90.5 Å². The van der Waals surface area contributed by atoms with Crippen LogP contribution < -0.4 is 15.6 Å². The van der Waals surface area contributed by atoms with E-state index in [9.17, 15) is 13.2 Å². The number of amides is 1. The number of carbonyl (C=O) groups is 1. The van der Waals surface area contributed by atoms with E-state index in [0.29, 0.717) is 24.9 Å². The number of hydrazine groups is 1. The Bertz CT molecular complexity index is 866. The minimum atomic E-state index is -2.71. The zero-order valence-corrected chi connectivity index (χ0v) is 20.2. The molecule has 8 heteroatoms. The maximum atomic E-state index is 14.1. The van der Waals surface area contributed by atoms with Crippen LogP contribution in [0.5, 0.6) is 0 Å². The van der Waals surface area contributed by atoms with E-state index < -0.39 is 16.3 Å². The van der Waals surface area contributed by atoms with Crippen LogP contribution in [0.25, 0.3) is 0 Å². The lowest BCUT2D eigenvalue weighted by Crippen LogP contribution is -2.59. The molecule has 178 valence electrons. The molecule has 1 atom stereocenters. The van der Waals surface area contributed by atoms with Gasteiger partial charge in [-0.25, -0.2) is 13.8 Å². The zero-order valence-electron chi connectivity index (χ0n) is 19.3. The standard InChI is InChI=1S/C24H38N4O3S/c1-17(2)18-7-9-19(10-8-18)22-20-5-3-4-6-21(20)24(11-13-25-14-12-24)23(29)28(22)16-15-26-27-32(30)31/h3-6,17-19,22,25-26,32H,7-16H2,1-2H3,(H,27,30,31)/t18-,19+,22?. The smallest absolute Gasteiger partial charge is 0.233 e. The first-order chi connectivity index (χ1) is 15.4. The lowest BCUT2D eigenvalue weighted by molar-refractivity contribution is -0.145. The molecule has 0 aromatic heterocycles. The van der Waals surface area contributed by atoms with Crippen LogP contribution in [0.15, 0.2) is 24.3 Å². The van der Waals surface area contributed by atoms with Crippen LogP contribution in [0.1, 0.15) is 69.5 Å². The summed E-state index contributed by atoms with van der Waals surface area (Å²) in [6.45, 7) is 7.20. The zero-order chi connectivity index (χ0) is 22.7. The molecule has 4 rings (SSSR count). The Morgan fingerprint density at radius 1 is 1.12 bits per heavy atom.